The summed E-state index contributed by atoms with van der Waals surface area (Å²) in [6.45, 7) is 4.82. The second-order valence-electron chi connectivity index (χ2n) is 8.80. The standard InChI is InChI=1S/C22H26ClN5O4S/c1-11(2)32-10-9-24-20-26-17(23)15(19-25-13-5-3-4-6-14(13)33-19)18(27-20)28-21(30)8-7-12-16(29)22(12,21)31/h3-6,11-12,16,29-31H,7-10H2,1-2H3,(H2,24,26,27,28). The van der Waals surface area contributed by atoms with E-state index in [1.165, 1.54) is 11.3 Å². The zero-order valence-corrected chi connectivity index (χ0v) is 19.8. The number of nitrogens with one attached hydrogen (secondary N) is 2. The van der Waals surface area contributed by atoms with E-state index in [-0.39, 0.29) is 35.4 Å². The number of rotatable bonds is 8. The van der Waals surface area contributed by atoms with E-state index in [4.69, 9.17) is 16.3 Å². The lowest BCUT2D eigenvalue weighted by Gasteiger charge is -2.32. The fourth-order valence-corrected chi connectivity index (χ4v) is 5.83. The van der Waals surface area contributed by atoms with E-state index in [1.807, 2.05) is 38.1 Å². The fraction of sp³-hybridized carbons (Fsp3) is 0.500. The van der Waals surface area contributed by atoms with Gasteiger partial charge in [0.1, 0.15) is 21.6 Å². The predicted octanol–water partition coefficient (Wildman–Crippen LogP) is 2.86. The number of anilines is 2. The van der Waals surface area contributed by atoms with Crippen LogP contribution in [0, 0.1) is 5.92 Å². The number of thiazole rings is 1. The van der Waals surface area contributed by atoms with Crippen LogP contribution in [0.4, 0.5) is 11.8 Å². The lowest BCUT2D eigenvalue weighted by atomic mass is 10.0. The molecule has 5 N–H and O–H groups in total. The average molecular weight is 492 g/mol. The Labute approximate surface area is 199 Å². The van der Waals surface area contributed by atoms with Gasteiger partial charge in [-0.3, -0.25) is 0 Å². The molecule has 5 rings (SSSR count). The number of aliphatic hydroxyl groups excluding tert-OH is 1. The second-order valence-corrected chi connectivity index (χ2v) is 10.2. The number of hydrogen-bond donors (Lipinski definition) is 5. The molecule has 0 bridgehead atoms. The summed E-state index contributed by atoms with van der Waals surface area (Å²) >= 11 is 8.04. The third kappa shape index (κ3) is 3.84. The summed E-state index contributed by atoms with van der Waals surface area (Å²) < 4.78 is 6.51. The van der Waals surface area contributed by atoms with Crippen molar-refractivity contribution >= 4 is 44.9 Å². The van der Waals surface area contributed by atoms with E-state index < -0.39 is 17.4 Å². The van der Waals surface area contributed by atoms with Gasteiger partial charge in [0.2, 0.25) is 5.95 Å². The smallest absolute Gasteiger partial charge is 0.226 e. The summed E-state index contributed by atoms with van der Waals surface area (Å²) in [5.74, 6) is 0.113. The summed E-state index contributed by atoms with van der Waals surface area (Å²) in [5.41, 5.74) is -2.15. The summed E-state index contributed by atoms with van der Waals surface area (Å²) in [7, 11) is 0. The Kier molecular flexibility index (Phi) is 5.71. The van der Waals surface area contributed by atoms with Crippen molar-refractivity contribution in [3.63, 3.8) is 0 Å². The molecule has 0 amide bonds. The molecule has 33 heavy (non-hydrogen) atoms. The number of hydrogen-bond acceptors (Lipinski definition) is 10. The molecule has 2 fully saturated rings. The van der Waals surface area contributed by atoms with E-state index >= 15 is 0 Å². The Bertz CT molecular complexity index is 1160. The normalized spacial score (nSPS) is 28.3. The molecule has 0 radical (unpaired) electrons. The van der Waals surface area contributed by atoms with Crippen LogP contribution in [0.3, 0.4) is 0 Å². The van der Waals surface area contributed by atoms with Gasteiger partial charge in [-0.15, -0.1) is 11.3 Å². The van der Waals surface area contributed by atoms with Gasteiger partial charge in [0.25, 0.3) is 0 Å². The van der Waals surface area contributed by atoms with Crippen LogP contribution in [0.1, 0.15) is 26.7 Å². The number of ether oxygens (including phenoxy) is 1. The van der Waals surface area contributed by atoms with E-state index in [1.54, 1.807) is 0 Å². The van der Waals surface area contributed by atoms with Crippen LogP contribution in [-0.4, -0.2) is 67.0 Å². The molecule has 4 atom stereocenters. The zero-order valence-electron chi connectivity index (χ0n) is 18.2. The summed E-state index contributed by atoms with van der Waals surface area (Å²) in [6, 6.07) is 7.70. The SMILES string of the molecule is CC(C)OCCNc1nc(Cl)c(-c2nc3ccccc3s2)c(NC2(O)CCC3C(O)C32O)n1. The highest BCUT2D eigenvalue weighted by Gasteiger charge is 2.78. The van der Waals surface area contributed by atoms with Crippen molar-refractivity contribution < 1.29 is 20.1 Å². The van der Waals surface area contributed by atoms with Gasteiger partial charge < -0.3 is 30.7 Å². The number of halogens is 1. The molecule has 0 spiro atoms. The van der Waals surface area contributed by atoms with E-state index in [9.17, 15) is 15.3 Å². The predicted molar refractivity (Wildman–Crippen MR) is 127 cm³/mol. The highest BCUT2D eigenvalue weighted by atomic mass is 35.5. The van der Waals surface area contributed by atoms with Crippen molar-refractivity contribution in [2.75, 3.05) is 23.8 Å². The quantitative estimate of drug-likeness (QED) is 0.183. The van der Waals surface area contributed by atoms with Crippen molar-refractivity contribution in [1.82, 2.24) is 15.0 Å². The first kappa shape index (κ1) is 22.7. The Morgan fingerprint density at radius 2 is 2.03 bits per heavy atom. The minimum atomic E-state index is -1.75. The van der Waals surface area contributed by atoms with Gasteiger partial charge in [0, 0.05) is 12.5 Å². The Morgan fingerprint density at radius 1 is 1.24 bits per heavy atom. The Hall–Kier alpha value is -2.08. The van der Waals surface area contributed by atoms with Gasteiger partial charge in [0.15, 0.2) is 5.72 Å². The maximum atomic E-state index is 11.3. The number of fused-ring (bicyclic) bond motifs is 2. The van der Waals surface area contributed by atoms with Crippen LogP contribution in [0.25, 0.3) is 20.8 Å². The number of nitrogens with zero attached hydrogens (tertiary/aromatic N) is 3. The first-order valence-electron chi connectivity index (χ1n) is 10.9. The number of aliphatic hydroxyl groups is 3. The van der Waals surface area contributed by atoms with Gasteiger partial charge in [0.05, 0.1) is 34.6 Å². The van der Waals surface area contributed by atoms with Crippen LogP contribution in [0.5, 0.6) is 0 Å². The monoisotopic (exact) mass is 491 g/mol. The Balaban J connectivity index is 1.52. The molecule has 2 heterocycles. The molecule has 9 nitrogen and oxygen atoms in total. The molecule has 3 aromatic rings. The maximum Gasteiger partial charge on any atom is 0.226 e. The lowest BCUT2D eigenvalue weighted by Crippen LogP contribution is -2.51. The molecule has 4 unspecified atom stereocenters. The van der Waals surface area contributed by atoms with Crippen molar-refractivity contribution in [1.29, 1.82) is 0 Å². The Morgan fingerprint density at radius 3 is 2.73 bits per heavy atom. The molecule has 2 aliphatic carbocycles. The van der Waals surface area contributed by atoms with Crippen LogP contribution in [0.15, 0.2) is 24.3 Å². The van der Waals surface area contributed by atoms with Crippen molar-refractivity contribution in [3.05, 3.63) is 29.4 Å². The molecule has 2 aliphatic rings. The summed E-state index contributed by atoms with van der Waals surface area (Å²) in [4.78, 5) is 13.6. The number of aromatic nitrogens is 3. The third-order valence-electron chi connectivity index (χ3n) is 6.30. The molecular weight excluding hydrogens is 466 g/mol. The number of benzene rings is 1. The van der Waals surface area contributed by atoms with Gasteiger partial charge in [-0.1, -0.05) is 23.7 Å². The van der Waals surface area contributed by atoms with Gasteiger partial charge in [-0.05, 0) is 38.8 Å². The molecule has 176 valence electrons. The molecule has 2 saturated carbocycles. The molecular formula is C22H26ClN5O4S. The molecule has 11 heteroatoms. The van der Waals surface area contributed by atoms with Crippen molar-refractivity contribution in [2.45, 2.75) is 50.2 Å². The zero-order chi connectivity index (χ0) is 23.4. The molecule has 0 saturated heterocycles. The van der Waals surface area contributed by atoms with Crippen molar-refractivity contribution in [3.8, 4) is 10.6 Å². The molecule has 1 aromatic carbocycles. The minimum absolute atomic E-state index is 0.102. The third-order valence-corrected chi connectivity index (χ3v) is 7.63. The lowest BCUT2D eigenvalue weighted by molar-refractivity contribution is -0.0851. The van der Waals surface area contributed by atoms with Crippen molar-refractivity contribution in [2.24, 2.45) is 5.92 Å². The van der Waals surface area contributed by atoms with E-state index in [0.717, 1.165) is 10.2 Å². The fourth-order valence-electron chi connectivity index (χ4n) is 4.51. The van der Waals surface area contributed by atoms with Crippen LogP contribution >= 0.6 is 22.9 Å². The second kappa shape index (κ2) is 8.30. The maximum absolute atomic E-state index is 11.3. The van der Waals surface area contributed by atoms with Gasteiger partial charge in [-0.2, -0.15) is 4.98 Å². The van der Waals surface area contributed by atoms with E-state index in [2.05, 4.69) is 25.6 Å². The largest absolute Gasteiger partial charge is 0.390 e. The first-order chi connectivity index (χ1) is 15.7. The number of para-hydroxylation sites is 1. The minimum Gasteiger partial charge on any atom is -0.390 e. The van der Waals surface area contributed by atoms with Crippen LogP contribution in [0.2, 0.25) is 5.15 Å². The summed E-state index contributed by atoms with van der Waals surface area (Å²) in [5, 5.41) is 39.1. The van der Waals surface area contributed by atoms with Crippen LogP contribution < -0.4 is 10.6 Å². The van der Waals surface area contributed by atoms with E-state index in [0.29, 0.717) is 30.1 Å². The first-order valence-corrected chi connectivity index (χ1v) is 12.1. The average Bonchev–Trinajstić information content (AvgIpc) is 3.04. The van der Waals surface area contributed by atoms with Gasteiger partial charge in [-0.25, -0.2) is 9.97 Å². The highest BCUT2D eigenvalue weighted by Crippen LogP contribution is 2.61. The summed E-state index contributed by atoms with van der Waals surface area (Å²) in [6.07, 6.45) is -0.131. The molecule has 0 aliphatic heterocycles. The van der Waals surface area contributed by atoms with Crippen LogP contribution in [-0.2, 0) is 4.74 Å². The molecule has 2 aromatic heterocycles. The highest BCUT2D eigenvalue weighted by molar-refractivity contribution is 7.21. The topological polar surface area (TPSA) is 133 Å². The van der Waals surface area contributed by atoms with Gasteiger partial charge >= 0.3 is 0 Å².